The van der Waals surface area contributed by atoms with Gasteiger partial charge < -0.3 is 0 Å². The third-order valence-corrected chi connectivity index (χ3v) is 2.48. The normalized spacial score (nSPS) is 9.93. The summed E-state index contributed by atoms with van der Waals surface area (Å²) in [6.07, 6.45) is 0. The molecule has 0 saturated heterocycles. The maximum absolute atomic E-state index is 13.1. The summed E-state index contributed by atoms with van der Waals surface area (Å²) >= 11 is 1.69. The van der Waals surface area contributed by atoms with Crippen LogP contribution in [0.1, 0.15) is 17.3 Å². The van der Waals surface area contributed by atoms with E-state index in [0.29, 0.717) is 0 Å². The van der Waals surface area contributed by atoms with E-state index < -0.39 is 16.5 Å². The van der Waals surface area contributed by atoms with Gasteiger partial charge in [0.25, 0.3) is 5.69 Å². The predicted octanol–water partition coefficient (Wildman–Crippen LogP) is 2.54. The lowest BCUT2D eigenvalue weighted by atomic mass is 10.1. The van der Waals surface area contributed by atoms with Gasteiger partial charge in [-0.2, -0.15) is 0 Å². The Bertz CT molecular complexity index is 380. The standard InChI is InChI=1S/C8H5FINO3/c1-4(12)5-2-7(10)8(11(13)14)3-6(5)9/h2-3H,1H3. The van der Waals surface area contributed by atoms with Crippen LogP contribution in [0, 0.1) is 19.5 Å². The molecule has 0 unspecified atom stereocenters. The SMILES string of the molecule is CC(=O)c1cc(I)c([N+](=O)[O-])cc1F. The van der Waals surface area contributed by atoms with Crippen molar-refractivity contribution in [3.63, 3.8) is 0 Å². The molecule has 0 aliphatic rings. The molecule has 0 atom stereocenters. The summed E-state index contributed by atoms with van der Waals surface area (Å²) in [4.78, 5) is 20.6. The van der Waals surface area contributed by atoms with Crippen molar-refractivity contribution in [3.05, 3.63) is 37.2 Å². The van der Waals surface area contributed by atoms with Gasteiger partial charge in [0.2, 0.25) is 0 Å². The van der Waals surface area contributed by atoms with Crippen molar-refractivity contribution >= 4 is 34.1 Å². The first-order valence-corrected chi connectivity index (χ1v) is 4.65. The molecule has 0 bridgehead atoms. The fraction of sp³-hybridized carbons (Fsp3) is 0.125. The Kier molecular flexibility index (Phi) is 3.14. The van der Waals surface area contributed by atoms with Crippen LogP contribution in [0.3, 0.4) is 0 Å². The third-order valence-electron chi connectivity index (χ3n) is 1.61. The number of halogens is 2. The summed E-state index contributed by atoms with van der Waals surface area (Å²) in [5.74, 6) is -1.31. The number of nitro benzene ring substituents is 1. The van der Waals surface area contributed by atoms with Gasteiger partial charge in [-0.3, -0.25) is 14.9 Å². The van der Waals surface area contributed by atoms with Crippen LogP contribution in [0.2, 0.25) is 0 Å². The van der Waals surface area contributed by atoms with Crippen LogP contribution in [-0.2, 0) is 0 Å². The summed E-state index contributed by atoms with van der Waals surface area (Å²) < 4.78 is 13.4. The Labute approximate surface area is 92.4 Å². The zero-order chi connectivity index (χ0) is 10.9. The minimum atomic E-state index is -0.857. The third kappa shape index (κ3) is 2.06. The number of nitro groups is 1. The maximum atomic E-state index is 13.1. The lowest BCUT2D eigenvalue weighted by Gasteiger charge is -2.00. The fourth-order valence-electron chi connectivity index (χ4n) is 0.946. The van der Waals surface area contributed by atoms with Gasteiger partial charge in [0, 0.05) is 0 Å². The van der Waals surface area contributed by atoms with Crippen molar-refractivity contribution in [2.45, 2.75) is 6.92 Å². The molecular formula is C8H5FINO3. The molecule has 1 aromatic carbocycles. The zero-order valence-electron chi connectivity index (χ0n) is 7.08. The summed E-state index contributed by atoms with van der Waals surface area (Å²) in [7, 11) is 0. The Morgan fingerprint density at radius 2 is 2.14 bits per heavy atom. The number of carbonyl (C=O) groups excluding carboxylic acids is 1. The van der Waals surface area contributed by atoms with E-state index in [1.54, 1.807) is 22.6 Å². The van der Waals surface area contributed by atoms with E-state index >= 15 is 0 Å². The molecule has 1 rings (SSSR count). The Morgan fingerprint density at radius 1 is 1.57 bits per heavy atom. The molecule has 0 aromatic heterocycles. The van der Waals surface area contributed by atoms with Gasteiger partial charge in [-0.25, -0.2) is 4.39 Å². The molecule has 0 saturated carbocycles. The summed E-state index contributed by atoms with van der Waals surface area (Å²) in [5, 5.41) is 10.4. The molecule has 0 fully saturated rings. The van der Waals surface area contributed by atoms with Crippen molar-refractivity contribution < 1.29 is 14.1 Å². The molecule has 14 heavy (non-hydrogen) atoms. The van der Waals surface area contributed by atoms with Gasteiger partial charge in [0.15, 0.2) is 5.78 Å². The van der Waals surface area contributed by atoms with Crippen LogP contribution in [-0.4, -0.2) is 10.7 Å². The lowest BCUT2D eigenvalue weighted by Crippen LogP contribution is -2.01. The highest BCUT2D eigenvalue weighted by atomic mass is 127. The Morgan fingerprint density at radius 3 is 2.57 bits per heavy atom. The highest BCUT2D eigenvalue weighted by Gasteiger charge is 2.18. The molecule has 4 nitrogen and oxygen atoms in total. The van der Waals surface area contributed by atoms with Gasteiger partial charge in [-0.1, -0.05) is 0 Å². The predicted molar refractivity (Wildman–Crippen MR) is 55.8 cm³/mol. The first-order valence-electron chi connectivity index (χ1n) is 3.58. The molecule has 0 amide bonds. The van der Waals surface area contributed by atoms with Crippen molar-refractivity contribution in [1.29, 1.82) is 0 Å². The summed E-state index contributed by atoms with van der Waals surface area (Å²) in [6.45, 7) is 1.21. The number of hydrogen-bond acceptors (Lipinski definition) is 3. The molecule has 0 aliphatic heterocycles. The van der Waals surface area contributed by atoms with E-state index in [9.17, 15) is 19.3 Å². The van der Waals surface area contributed by atoms with Gasteiger partial charge >= 0.3 is 0 Å². The lowest BCUT2D eigenvalue weighted by molar-refractivity contribution is -0.386. The molecule has 74 valence electrons. The van der Waals surface area contributed by atoms with E-state index in [-0.39, 0.29) is 14.8 Å². The van der Waals surface area contributed by atoms with E-state index in [2.05, 4.69) is 0 Å². The highest BCUT2D eigenvalue weighted by molar-refractivity contribution is 14.1. The first-order chi connectivity index (χ1) is 6.43. The summed E-state index contributed by atoms with van der Waals surface area (Å²) in [5.41, 5.74) is -0.451. The average Bonchev–Trinajstić information content (AvgIpc) is 2.07. The van der Waals surface area contributed by atoms with Gasteiger partial charge in [0.05, 0.1) is 20.1 Å². The van der Waals surface area contributed by atoms with Gasteiger partial charge in [-0.15, -0.1) is 0 Å². The van der Waals surface area contributed by atoms with Crippen LogP contribution >= 0.6 is 22.6 Å². The first kappa shape index (κ1) is 11.0. The number of Topliss-reactive ketones (excluding diaryl/α,β-unsaturated/α-hetero) is 1. The fourth-order valence-corrected chi connectivity index (χ4v) is 1.61. The largest absolute Gasteiger partial charge is 0.294 e. The monoisotopic (exact) mass is 309 g/mol. The average molecular weight is 309 g/mol. The van der Waals surface area contributed by atoms with Crippen LogP contribution < -0.4 is 0 Å². The Balaban J connectivity index is 3.38. The smallest absolute Gasteiger partial charge is 0.285 e. The number of carbonyl (C=O) groups is 1. The number of benzene rings is 1. The minimum absolute atomic E-state index is 0.125. The quantitative estimate of drug-likeness (QED) is 0.365. The molecule has 0 radical (unpaired) electrons. The maximum Gasteiger partial charge on any atom is 0.285 e. The van der Waals surface area contributed by atoms with Crippen molar-refractivity contribution in [2.24, 2.45) is 0 Å². The number of rotatable bonds is 2. The molecule has 0 N–H and O–H groups in total. The van der Waals surface area contributed by atoms with E-state index in [1.165, 1.54) is 13.0 Å². The van der Waals surface area contributed by atoms with Crippen molar-refractivity contribution in [3.8, 4) is 0 Å². The van der Waals surface area contributed by atoms with Gasteiger partial charge in [0.1, 0.15) is 5.82 Å². The molecule has 1 aromatic rings. The highest BCUT2D eigenvalue weighted by Crippen LogP contribution is 2.24. The molecule has 0 heterocycles. The number of nitrogens with zero attached hydrogens (tertiary/aromatic N) is 1. The second-order valence-electron chi connectivity index (χ2n) is 2.60. The topological polar surface area (TPSA) is 60.2 Å². The molecular weight excluding hydrogens is 304 g/mol. The van der Waals surface area contributed by atoms with Crippen LogP contribution in [0.5, 0.6) is 0 Å². The second-order valence-corrected chi connectivity index (χ2v) is 3.76. The zero-order valence-corrected chi connectivity index (χ0v) is 9.24. The molecule has 6 heteroatoms. The molecule has 0 spiro atoms. The van der Waals surface area contributed by atoms with E-state index in [0.717, 1.165) is 6.07 Å². The van der Waals surface area contributed by atoms with Gasteiger partial charge in [-0.05, 0) is 35.6 Å². The minimum Gasteiger partial charge on any atom is -0.294 e. The van der Waals surface area contributed by atoms with Crippen LogP contribution in [0.15, 0.2) is 12.1 Å². The second kappa shape index (κ2) is 3.99. The van der Waals surface area contributed by atoms with Crippen molar-refractivity contribution in [2.75, 3.05) is 0 Å². The van der Waals surface area contributed by atoms with Crippen LogP contribution in [0.25, 0.3) is 0 Å². The Hall–Kier alpha value is -1.05. The molecule has 0 aliphatic carbocycles. The number of hydrogen-bond donors (Lipinski definition) is 0. The van der Waals surface area contributed by atoms with Crippen LogP contribution in [0.4, 0.5) is 10.1 Å². The van der Waals surface area contributed by atoms with Crippen molar-refractivity contribution in [1.82, 2.24) is 0 Å². The van der Waals surface area contributed by atoms with E-state index in [1.807, 2.05) is 0 Å². The summed E-state index contributed by atoms with van der Waals surface area (Å²) in [6, 6.07) is 1.94. The van der Waals surface area contributed by atoms with E-state index in [4.69, 9.17) is 0 Å². The number of ketones is 1.